The number of rotatable bonds is 4. The Bertz CT molecular complexity index is 935. The molecule has 5 nitrogen and oxygen atoms in total. The van der Waals surface area contributed by atoms with Crippen molar-refractivity contribution in [1.29, 1.82) is 0 Å². The third kappa shape index (κ3) is 3.41. The van der Waals surface area contributed by atoms with Gasteiger partial charge in [-0.25, -0.2) is 15.2 Å². The van der Waals surface area contributed by atoms with Crippen molar-refractivity contribution in [3.63, 3.8) is 0 Å². The third-order valence-corrected chi connectivity index (χ3v) is 3.92. The van der Waals surface area contributed by atoms with Crippen LogP contribution >= 0.6 is 11.6 Å². The number of aromatic nitrogens is 1. The molecule has 0 spiro atoms. The smallest absolute Gasteiger partial charge is 0.239 e. The van der Waals surface area contributed by atoms with Crippen LogP contribution in [0.25, 0.3) is 10.9 Å². The van der Waals surface area contributed by atoms with Crippen molar-refractivity contribution in [1.82, 2.24) is 9.69 Å². The number of carbonyl (C=O) groups is 1. The quantitative estimate of drug-likeness (QED) is 0.742. The summed E-state index contributed by atoms with van der Waals surface area (Å²) < 4.78 is 1.66. The number of nitrogens with zero attached hydrogens (tertiary/aromatic N) is 2. The molecule has 0 saturated carbocycles. The van der Waals surface area contributed by atoms with Crippen LogP contribution in [0.2, 0.25) is 5.02 Å². The zero-order chi connectivity index (χ0) is 17.1. The molecule has 0 bridgehead atoms. The van der Waals surface area contributed by atoms with Crippen LogP contribution in [0.1, 0.15) is 12.5 Å². The molecular formula is C18H16ClN3O2. The first-order valence-corrected chi connectivity index (χ1v) is 7.82. The molecule has 1 amide bonds. The van der Waals surface area contributed by atoms with Crippen molar-refractivity contribution in [2.75, 3.05) is 5.53 Å². The monoisotopic (exact) mass is 341 g/mol. The number of fused-ring (bicyclic) bond motifs is 1. The summed E-state index contributed by atoms with van der Waals surface area (Å²) in [5.74, 6) is -0.146. The first-order valence-electron chi connectivity index (χ1n) is 7.44. The van der Waals surface area contributed by atoms with Crippen LogP contribution in [0.3, 0.4) is 0 Å². The van der Waals surface area contributed by atoms with E-state index in [1.807, 2.05) is 30.3 Å². The summed E-state index contributed by atoms with van der Waals surface area (Å²) in [5.41, 5.74) is 4.62. The zero-order valence-electron chi connectivity index (χ0n) is 13.1. The fraction of sp³-hybridized carbons (Fsp3) is 0.111. The molecule has 6 heteroatoms. The van der Waals surface area contributed by atoms with E-state index in [9.17, 15) is 9.59 Å². The predicted octanol–water partition coefficient (Wildman–Crippen LogP) is 3.16. The Morgan fingerprint density at radius 2 is 1.83 bits per heavy atom. The maximum Gasteiger partial charge on any atom is 0.239 e. The van der Waals surface area contributed by atoms with Crippen molar-refractivity contribution in [2.45, 2.75) is 13.5 Å². The highest BCUT2D eigenvalue weighted by Gasteiger charge is 2.11. The number of pyridine rings is 1. The van der Waals surface area contributed by atoms with Crippen molar-refractivity contribution in [3.05, 3.63) is 81.6 Å². The van der Waals surface area contributed by atoms with E-state index in [1.54, 1.807) is 29.1 Å². The second kappa shape index (κ2) is 6.76. The molecule has 1 N–H and O–H groups in total. The lowest BCUT2D eigenvalue weighted by atomic mass is 10.2. The first-order chi connectivity index (χ1) is 11.5. The number of benzene rings is 2. The average Bonchev–Trinajstić information content (AvgIpc) is 2.58. The molecule has 0 atom stereocenters. The van der Waals surface area contributed by atoms with E-state index in [1.165, 1.54) is 18.0 Å². The van der Waals surface area contributed by atoms with Gasteiger partial charge in [0.15, 0.2) is 5.43 Å². The van der Waals surface area contributed by atoms with Gasteiger partial charge in [-0.3, -0.25) is 9.59 Å². The lowest BCUT2D eigenvalue weighted by Crippen LogP contribution is -2.39. The molecule has 24 heavy (non-hydrogen) atoms. The lowest BCUT2D eigenvalue weighted by molar-refractivity contribution is -0.128. The van der Waals surface area contributed by atoms with Crippen molar-refractivity contribution >= 4 is 28.4 Å². The normalized spacial score (nSPS) is 10.6. The van der Waals surface area contributed by atoms with E-state index in [4.69, 9.17) is 11.6 Å². The van der Waals surface area contributed by atoms with Crippen LogP contribution in [-0.2, 0) is 11.3 Å². The van der Waals surface area contributed by atoms with Gasteiger partial charge in [0.05, 0.1) is 12.1 Å². The van der Waals surface area contributed by atoms with Gasteiger partial charge in [0, 0.05) is 29.6 Å². The Morgan fingerprint density at radius 1 is 1.12 bits per heavy atom. The van der Waals surface area contributed by atoms with Gasteiger partial charge in [-0.2, -0.15) is 0 Å². The molecule has 3 rings (SSSR count). The summed E-state index contributed by atoms with van der Waals surface area (Å²) in [7, 11) is 0. The van der Waals surface area contributed by atoms with Crippen molar-refractivity contribution in [3.8, 4) is 0 Å². The SMILES string of the molecule is CC(=O)N(Cc1ccc(Cl)cc1)Nn1ccc(=O)c2ccccc21. The molecule has 3 aromatic rings. The topological polar surface area (TPSA) is 54.3 Å². The molecule has 1 heterocycles. The number of hydrazine groups is 1. The lowest BCUT2D eigenvalue weighted by Gasteiger charge is -2.25. The number of nitrogens with one attached hydrogen (secondary N) is 1. The van der Waals surface area contributed by atoms with Crippen LogP contribution in [0, 0.1) is 0 Å². The van der Waals surface area contributed by atoms with Gasteiger partial charge >= 0.3 is 0 Å². The third-order valence-electron chi connectivity index (χ3n) is 3.67. The summed E-state index contributed by atoms with van der Waals surface area (Å²) >= 11 is 5.89. The fourth-order valence-corrected chi connectivity index (χ4v) is 2.54. The van der Waals surface area contributed by atoms with Crippen LogP contribution < -0.4 is 11.0 Å². The number of hydrogen-bond donors (Lipinski definition) is 1. The Balaban J connectivity index is 1.92. The molecule has 2 aromatic carbocycles. The first kappa shape index (κ1) is 16.1. The predicted molar refractivity (Wildman–Crippen MR) is 95.2 cm³/mol. The molecule has 0 saturated heterocycles. The second-order valence-corrected chi connectivity index (χ2v) is 5.84. The van der Waals surface area contributed by atoms with E-state index >= 15 is 0 Å². The average molecular weight is 342 g/mol. The van der Waals surface area contributed by atoms with Gasteiger partial charge in [-0.05, 0) is 29.8 Å². The molecule has 0 fully saturated rings. The van der Waals surface area contributed by atoms with Gasteiger partial charge in [-0.15, -0.1) is 0 Å². The van der Waals surface area contributed by atoms with Gasteiger partial charge in [0.25, 0.3) is 0 Å². The maximum atomic E-state index is 12.0. The zero-order valence-corrected chi connectivity index (χ0v) is 13.8. The summed E-state index contributed by atoms with van der Waals surface area (Å²) in [6.07, 6.45) is 1.61. The molecule has 0 unspecified atom stereocenters. The van der Waals surface area contributed by atoms with Gasteiger partial charge in [-0.1, -0.05) is 35.9 Å². The highest BCUT2D eigenvalue weighted by Crippen LogP contribution is 2.12. The van der Waals surface area contributed by atoms with Crippen LogP contribution in [0.15, 0.2) is 65.6 Å². The molecule has 0 radical (unpaired) electrons. The standard InChI is InChI=1S/C18H16ClN3O2/c1-13(23)22(12-14-6-8-15(19)9-7-14)20-21-11-10-18(24)16-4-2-3-5-17(16)21/h2-11,20H,12H2,1H3. The van der Waals surface area contributed by atoms with Gasteiger partial charge in [0.1, 0.15) is 0 Å². The van der Waals surface area contributed by atoms with E-state index < -0.39 is 0 Å². The number of halogens is 1. The van der Waals surface area contributed by atoms with Gasteiger partial charge < -0.3 is 0 Å². The van der Waals surface area contributed by atoms with E-state index in [-0.39, 0.29) is 11.3 Å². The minimum atomic E-state index is -0.146. The second-order valence-electron chi connectivity index (χ2n) is 5.40. The van der Waals surface area contributed by atoms with E-state index in [0.29, 0.717) is 22.5 Å². The minimum Gasteiger partial charge on any atom is -0.289 e. The van der Waals surface area contributed by atoms with E-state index in [0.717, 1.165) is 5.56 Å². The Morgan fingerprint density at radius 3 is 2.54 bits per heavy atom. The number of amides is 1. The molecule has 0 aliphatic carbocycles. The number of hydrogen-bond acceptors (Lipinski definition) is 3. The van der Waals surface area contributed by atoms with Crippen molar-refractivity contribution in [2.24, 2.45) is 0 Å². The van der Waals surface area contributed by atoms with E-state index in [2.05, 4.69) is 5.53 Å². The van der Waals surface area contributed by atoms with Crippen LogP contribution in [0.5, 0.6) is 0 Å². The molecule has 122 valence electrons. The summed E-state index contributed by atoms with van der Waals surface area (Å²) in [6, 6.07) is 16.0. The molecular weight excluding hydrogens is 326 g/mol. The van der Waals surface area contributed by atoms with Gasteiger partial charge in [0.2, 0.25) is 5.91 Å². The summed E-state index contributed by atoms with van der Waals surface area (Å²) in [6.45, 7) is 1.85. The Hall–Kier alpha value is -2.79. The van der Waals surface area contributed by atoms with Crippen LogP contribution in [0.4, 0.5) is 0 Å². The van der Waals surface area contributed by atoms with Crippen molar-refractivity contribution < 1.29 is 4.79 Å². The number of carbonyl (C=O) groups excluding carboxylic acids is 1. The maximum absolute atomic E-state index is 12.0. The molecule has 0 aliphatic rings. The number of para-hydroxylation sites is 1. The highest BCUT2D eigenvalue weighted by atomic mass is 35.5. The fourth-order valence-electron chi connectivity index (χ4n) is 2.41. The summed E-state index contributed by atoms with van der Waals surface area (Å²) in [4.78, 5) is 23.9. The highest BCUT2D eigenvalue weighted by molar-refractivity contribution is 6.30. The Labute approximate surface area is 144 Å². The van der Waals surface area contributed by atoms with Crippen LogP contribution in [-0.4, -0.2) is 15.6 Å². The largest absolute Gasteiger partial charge is 0.289 e. The Kier molecular flexibility index (Phi) is 4.53. The minimum absolute atomic E-state index is 0.0595. The molecule has 1 aromatic heterocycles. The summed E-state index contributed by atoms with van der Waals surface area (Å²) in [5, 5.41) is 2.70. The molecule has 0 aliphatic heterocycles.